The molecule has 0 spiro atoms. The van der Waals surface area contributed by atoms with E-state index in [1.807, 2.05) is 47.4 Å². The predicted molar refractivity (Wildman–Crippen MR) is 120 cm³/mol. The van der Waals surface area contributed by atoms with Crippen molar-refractivity contribution in [3.8, 4) is 5.75 Å². The van der Waals surface area contributed by atoms with Crippen LogP contribution in [0, 0.1) is 0 Å². The number of allylic oxidation sites excluding steroid dienone is 1. The fourth-order valence-corrected chi connectivity index (χ4v) is 4.37. The van der Waals surface area contributed by atoms with Crippen molar-refractivity contribution in [1.29, 1.82) is 0 Å². The Morgan fingerprint density at radius 2 is 2.03 bits per heavy atom. The fourth-order valence-electron chi connectivity index (χ4n) is 4.37. The first-order valence-corrected chi connectivity index (χ1v) is 10.7. The van der Waals surface area contributed by atoms with E-state index in [4.69, 9.17) is 9.72 Å². The van der Waals surface area contributed by atoms with Crippen LogP contribution in [0.25, 0.3) is 11.0 Å². The molecule has 0 saturated carbocycles. The minimum absolute atomic E-state index is 0.0594. The molecule has 1 amide bonds. The summed E-state index contributed by atoms with van der Waals surface area (Å²) in [7, 11) is 0. The molecule has 156 valence electrons. The van der Waals surface area contributed by atoms with Gasteiger partial charge < -0.3 is 14.2 Å². The van der Waals surface area contributed by atoms with Gasteiger partial charge in [0, 0.05) is 20.0 Å². The Morgan fingerprint density at radius 3 is 2.87 bits per heavy atom. The van der Waals surface area contributed by atoms with Crippen LogP contribution < -0.4 is 4.74 Å². The molecular weight excluding hydrogens is 374 g/mol. The van der Waals surface area contributed by atoms with Crippen molar-refractivity contribution >= 4 is 16.9 Å². The zero-order valence-corrected chi connectivity index (χ0v) is 17.6. The molecule has 2 heterocycles. The molecule has 5 nitrogen and oxygen atoms in total. The molecule has 1 saturated heterocycles. The third kappa shape index (κ3) is 4.11. The van der Waals surface area contributed by atoms with Gasteiger partial charge in [-0.1, -0.05) is 36.4 Å². The molecule has 0 radical (unpaired) electrons. The number of fused-ring (bicyclic) bond motifs is 1. The van der Waals surface area contributed by atoms with Crippen molar-refractivity contribution in [3.05, 3.63) is 72.6 Å². The average molecular weight is 404 g/mol. The Balaban J connectivity index is 1.51. The summed E-state index contributed by atoms with van der Waals surface area (Å²) in [5, 5.41) is 0. The summed E-state index contributed by atoms with van der Waals surface area (Å²) < 4.78 is 8.36. The number of aryl methyl sites for hydroxylation is 1. The lowest BCUT2D eigenvalue weighted by molar-refractivity contribution is -0.129. The molecule has 1 aromatic heterocycles. The van der Waals surface area contributed by atoms with Crippen LogP contribution in [0.5, 0.6) is 5.75 Å². The van der Waals surface area contributed by atoms with Crippen LogP contribution >= 0.6 is 0 Å². The van der Waals surface area contributed by atoms with E-state index in [1.165, 1.54) is 0 Å². The third-order valence-corrected chi connectivity index (χ3v) is 5.76. The standard InChI is InChI=1S/C25H29N3O2/c1-3-10-20-11-4-7-15-24(20)30-18-9-17-28-22-13-6-5-12-21(22)26-25(28)23-14-8-16-27(23)19(2)29/h3-7,11-13,15,23H,1,8-10,14,16-18H2,2H3. The molecule has 1 unspecified atom stereocenters. The van der Waals surface area contributed by atoms with Crippen LogP contribution in [-0.2, 0) is 17.8 Å². The van der Waals surface area contributed by atoms with E-state index >= 15 is 0 Å². The van der Waals surface area contributed by atoms with E-state index in [1.54, 1.807) is 6.92 Å². The molecule has 3 aromatic rings. The number of ether oxygens (including phenoxy) is 1. The molecule has 1 atom stereocenters. The molecule has 30 heavy (non-hydrogen) atoms. The number of rotatable bonds is 8. The average Bonchev–Trinajstić information content (AvgIpc) is 3.37. The first-order chi connectivity index (χ1) is 14.7. The molecule has 2 aromatic carbocycles. The lowest BCUT2D eigenvalue weighted by Gasteiger charge is -2.24. The first kappa shape index (κ1) is 20.2. The van der Waals surface area contributed by atoms with Crippen LogP contribution in [0.1, 0.15) is 43.6 Å². The predicted octanol–water partition coefficient (Wildman–Crippen LogP) is 4.92. The monoisotopic (exact) mass is 403 g/mol. The summed E-state index contributed by atoms with van der Waals surface area (Å²) in [4.78, 5) is 19.0. The van der Waals surface area contributed by atoms with Gasteiger partial charge in [0.05, 0.1) is 23.7 Å². The zero-order valence-electron chi connectivity index (χ0n) is 17.6. The van der Waals surface area contributed by atoms with Gasteiger partial charge in [0.1, 0.15) is 11.6 Å². The highest BCUT2D eigenvalue weighted by Crippen LogP contribution is 2.33. The maximum Gasteiger partial charge on any atom is 0.220 e. The largest absolute Gasteiger partial charge is 0.493 e. The first-order valence-electron chi connectivity index (χ1n) is 10.7. The topological polar surface area (TPSA) is 47.4 Å². The SMILES string of the molecule is C=CCc1ccccc1OCCCn1c(C2CCCN2C(C)=O)nc2ccccc21. The van der Waals surface area contributed by atoms with Crippen molar-refractivity contribution in [2.75, 3.05) is 13.2 Å². The molecule has 4 rings (SSSR count). The second-order valence-corrected chi connectivity index (χ2v) is 7.78. The Labute approximate surface area is 178 Å². The van der Waals surface area contributed by atoms with Gasteiger partial charge in [-0.15, -0.1) is 6.58 Å². The maximum atomic E-state index is 12.1. The zero-order chi connectivity index (χ0) is 20.9. The third-order valence-electron chi connectivity index (χ3n) is 5.76. The Kier molecular flexibility index (Phi) is 6.17. The van der Waals surface area contributed by atoms with E-state index in [0.29, 0.717) is 6.61 Å². The minimum atomic E-state index is 0.0594. The minimum Gasteiger partial charge on any atom is -0.493 e. The van der Waals surface area contributed by atoms with Crippen molar-refractivity contribution in [1.82, 2.24) is 14.5 Å². The van der Waals surface area contributed by atoms with Gasteiger partial charge in [-0.25, -0.2) is 4.98 Å². The van der Waals surface area contributed by atoms with Crippen molar-refractivity contribution in [3.63, 3.8) is 0 Å². The van der Waals surface area contributed by atoms with Gasteiger partial charge in [-0.2, -0.15) is 0 Å². The lowest BCUT2D eigenvalue weighted by atomic mass is 10.1. The molecule has 1 aliphatic heterocycles. The van der Waals surface area contributed by atoms with Gasteiger partial charge in [-0.05, 0) is 49.4 Å². The number of hydrogen-bond donors (Lipinski definition) is 0. The second-order valence-electron chi connectivity index (χ2n) is 7.78. The normalized spacial score (nSPS) is 16.2. The maximum absolute atomic E-state index is 12.1. The number of aromatic nitrogens is 2. The van der Waals surface area contributed by atoms with E-state index < -0.39 is 0 Å². The summed E-state index contributed by atoms with van der Waals surface area (Å²) in [6, 6.07) is 16.4. The van der Waals surface area contributed by atoms with E-state index in [0.717, 1.165) is 66.9 Å². The van der Waals surface area contributed by atoms with E-state index in [-0.39, 0.29) is 11.9 Å². The highest BCUT2D eigenvalue weighted by molar-refractivity contribution is 5.77. The second kappa shape index (κ2) is 9.16. The van der Waals surface area contributed by atoms with Gasteiger partial charge in [0.2, 0.25) is 5.91 Å². The number of benzene rings is 2. The van der Waals surface area contributed by atoms with Crippen molar-refractivity contribution in [2.24, 2.45) is 0 Å². The number of likely N-dealkylation sites (tertiary alicyclic amines) is 1. The number of imidazole rings is 1. The summed E-state index contributed by atoms with van der Waals surface area (Å²) in [6.45, 7) is 7.73. The van der Waals surface area contributed by atoms with Gasteiger partial charge in [0.15, 0.2) is 0 Å². The Bertz CT molecular complexity index is 1040. The fraction of sp³-hybridized carbons (Fsp3) is 0.360. The Hall–Kier alpha value is -3.08. The molecular formula is C25H29N3O2. The molecule has 5 heteroatoms. The van der Waals surface area contributed by atoms with Crippen molar-refractivity contribution < 1.29 is 9.53 Å². The lowest BCUT2D eigenvalue weighted by Crippen LogP contribution is -2.30. The smallest absolute Gasteiger partial charge is 0.220 e. The number of nitrogens with zero attached hydrogens (tertiary/aromatic N) is 3. The van der Waals surface area contributed by atoms with Crippen LogP contribution in [0.15, 0.2) is 61.2 Å². The summed E-state index contributed by atoms with van der Waals surface area (Å²) in [5.41, 5.74) is 3.26. The van der Waals surface area contributed by atoms with Gasteiger partial charge in [-0.3, -0.25) is 4.79 Å². The molecule has 0 N–H and O–H groups in total. The molecule has 0 bridgehead atoms. The number of carbonyl (C=O) groups is 1. The number of para-hydroxylation sites is 3. The molecule has 1 fully saturated rings. The highest BCUT2D eigenvalue weighted by atomic mass is 16.5. The van der Waals surface area contributed by atoms with Crippen LogP contribution in [0.2, 0.25) is 0 Å². The summed E-state index contributed by atoms with van der Waals surface area (Å²) >= 11 is 0. The highest BCUT2D eigenvalue weighted by Gasteiger charge is 2.32. The van der Waals surface area contributed by atoms with Crippen molar-refractivity contribution in [2.45, 2.75) is 45.2 Å². The molecule has 1 aliphatic rings. The van der Waals surface area contributed by atoms with Crippen LogP contribution in [-0.4, -0.2) is 33.5 Å². The van der Waals surface area contributed by atoms with Crippen LogP contribution in [0.4, 0.5) is 0 Å². The van der Waals surface area contributed by atoms with Gasteiger partial charge in [0.25, 0.3) is 0 Å². The van der Waals surface area contributed by atoms with E-state index in [9.17, 15) is 4.79 Å². The number of amides is 1. The summed E-state index contributed by atoms with van der Waals surface area (Å²) in [6.07, 6.45) is 5.55. The molecule has 0 aliphatic carbocycles. The number of carbonyl (C=O) groups excluding carboxylic acids is 1. The van der Waals surface area contributed by atoms with Crippen LogP contribution in [0.3, 0.4) is 0 Å². The number of hydrogen-bond acceptors (Lipinski definition) is 3. The quantitative estimate of drug-likeness (QED) is 0.396. The Morgan fingerprint density at radius 1 is 1.23 bits per heavy atom. The van der Waals surface area contributed by atoms with E-state index in [2.05, 4.69) is 23.3 Å². The van der Waals surface area contributed by atoms with Gasteiger partial charge >= 0.3 is 0 Å². The summed E-state index contributed by atoms with van der Waals surface area (Å²) in [5.74, 6) is 2.04.